The number of primary amides is 1. The van der Waals surface area contributed by atoms with Gasteiger partial charge in [0.15, 0.2) is 0 Å². The molecule has 2 aromatic carbocycles. The Hall–Kier alpha value is -2.91. The fourth-order valence-electron chi connectivity index (χ4n) is 5.37. The molecule has 3 rings (SSSR count). The molecule has 0 aliphatic heterocycles. The molecule has 1 aliphatic carbocycles. The van der Waals surface area contributed by atoms with Gasteiger partial charge in [-0.1, -0.05) is 33.3 Å². The van der Waals surface area contributed by atoms with Gasteiger partial charge in [0, 0.05) is 31.6 Å². The Bertz CT molecular complexity index is 1140. The minimum atomic E-state index is -4.98. The van der Waals surface area contributed by atoms with E-state index in [2.05, 4.69) is 31.7 Å². The molecule has 0 heterocycles. The predicted octanol–water partition coefficient (Wildman–Crippen LogP) is 7.72. The number of ether oxygens (including phenoxy) is 1. The van der Waals surface area contributed by atoms with Crippen LogP contribution >= 0.6 is 0 Å². The minimum absolute atomic E-state index is 0.0633. The standard InChI is InChI=1S/C29H36F6N2O2/c1-5-7-8-37(6-2)25-14-21-17-27(3,4)16-20(21)12-19(25)13-24(39-26(36)38)11-18-9-22(28(30,31)32)15-23(10-18)29(33,34)35/h9-10,12,14-15,24H,5-8,11,13,16-17H2,1-4H3,(H2,36,38). The number of halogens is 6. The van der Waals surface area contributed by atoms with Gasteiger partial charge in [-0.15, -0.1) is 0 Å². The van der Waals surface area contributed by atoms with Crippen LogP contribution in [0.3, 0.4) is 0 Å². The van der Waals surface area contributed by atoms with E-state index >= 15 is 0 Å². The summed E-state index contributed by atoms with van der Waals surface area (Å²) in [6.07, 6.45) is -8.78. The van der Waals surface area contributed by atoms with Gasteiger partial charge in [0.2, 0.25) is 0 Å². The van der Waals surface area contributed by atoms with Gasteiger partial charge >= 0.3 is 18.4 Å². The summed E-state index contributed by atoms with van der Waals surface area (Å²) >= 11 is 0. The summed E-state index contributed by atoms with van der Waals surface area (Å²) in [5.41, 5.74) is 6.38. The lowest BCUT2D eigenvalue weighted by Gasteiger charge is -2.28. The number of carbonyl (C=O) groups is 1. The van der Waals surface area contributed by atoms with Crippen LogP contribution in [0.5, 0.6) is 0 Å². The fourth-order valence-corrected chi connectivity index (χ4v) is 5.37. The van der Waals surface area contributed by atoms with Gasteiger partial charge in [-0.2, -0.15) is 26.3 Å². The van der Waals surface area contributed by atoms with Gasteiger partial charge in [0.25, 0.3) is 0 Å². The van der Waals surface area contributed by atoms with Crippen LogP contribution in [-0.2, 0) is 42.8 Å². The summed E-state index contributed by atoms with van der Waals surface area (Å²) in [6, 6.07) is 5.59. The molecule has 0 spiro atoms. The number of alkyl halides is 6. The predicted molar refractivity (Wildman–Crippen MR) is 139 cm³/mol. The summed E-state index contributed by atoms with van der Waals surface area (Å²) in [7, 11) is 0. The molecule has 1 unspecified atom stereocenters. The maximum Gasteiger partial charge on any atom is 0.416 e. The Morgan fingerprint density at radius 1 is 0.949 bits per heavy atom. The molecule has 39 heavy (non-hydrogen) atoms. The number of unbranched alkanes of at least 4 members (excludes halogenated alkanes) is 1. The summed E-state index contributed by atoms with van der Waals surface area (Å²) in [4.78, 5) is 14.0. The van der Waals surface area contributed by atoms with E-state index in [0.29, 0.717) is 18.7 Å². The molecular weight excluding hydrogens is 522 g/mol. The van der Waals surface area contributed by atoms with E-state index in [4.69, 9.17) is 10.5 Å². The van der Waals surface area contributed by atoms with Crippen LogP contribution in [0.25, 0.3) is 0 Å². The Kier molecular flexibility index (Phi) is 9.17. The Balaban J connectivity index is 2.04. The largest absolute Gasteiger partial charge is 0.446 e. The third-order valence-electron chi connectivity index (χ3n) is 7.08. The molecule has 0 radical (unpaired) electrons. The van der Waals surface area contributed by atoms with Gasteiger partial charge in [0.05, 0.1) is 11.1 Å². The van der Waals surface area contributed by atoms with Crippen molar-refractivity contribution in [3.8, 4) is 0 Å². The maximum atomic E-state index is 13.4. The number of fused-ring (bicyclic) bond motifs is 1. The Labute approximate surface area is 225 Å². The first kappa shape index (κ1) is 30.6. The monoisotopic (exact) mass is 558 g/mol. The lowest BCUT2D eigenvalue weighted by Crippen LogP contribution is -2.29. The van der Waals surface area contributed by atoms with E-state index in [1.807, 2.05) is 13.0 Å². The van der Waals surface area contributed by atoms with E-state index < -0.39 is 35.7 Å². The average Bonchev–Trinajstić information content (AvgIpc) is 3.10. The molecular formula is C29H36F6N2O2. The second-order valence-corrected chi connectivity index (χ2v) is 11.1. The SMILES string of the molecule is CCCCN(CC)c1cc2c(cc1CC(Cc1cc(C(F)(F)F)cc(C(F)(F)F)c1)OC(N)=O)CC(C)(C)C2. The number of amides is 1. The molecule has 1 amide bonds. The average molecular weight is 559 g/mol. The third kappa shape index (κ3) is 8.05. The lowest BCUT2D eigenvalue weighted by molar-refractivity contribution is -0.143. The first-order valence-electron chi connectivity index (χ1n) is 13.2. The zero-order valence-electron chi connectivity index (χ0n) is 22.7. The third-order valence-corrected chi connectivity index (χ3v) is 7.08. The highest BCUT2D eigenvalue weighted by Gasteiger charge is 2.37. The molecule has 10 heteroatoms. The molecule has 0 saturated heterocycles. The van der Waals surface area contributed by atoms with Gasteiger partial charge < -0.3 is 15.4 Å². The van der Waals surface area contributed by atoms with Crippen molar-refractivity contribution < 1.29 is 35.9 Å². The van der Waals surface area contributed by atoms with E-state index in [0.717, 1.165) is 49.0 Å². The van der Waals surface area contributed by atoms with Crippen molar-refractivity contribution >= 4 is 11.8 Å². The van der Waals surface area contributed by atoms with Crippen molar-refractivity contribution in [3.63, 3.8) is 0 Å². The van der Waals surface area contributed by atoms with Crippen molar-refractivity contribution in [1.82, 2.24) is 0 Å². The molecule has 0 fully saturated rings. The van der Waals surface area contributed by atoms with E-state index in [1.54, 1.807) is 0 Å². The molecule has 2 aromatic rings. The smallest absolute Gasteiger partial charge is 0.416 e. The van der Waals surface area contributed by atoms with Gasteiger partial charge in [0.1, 0.15) is 6.10 Å². The first-order valence-corrected chi connectivity index (χ1v) is 13.2. The topological polar surface area (TPSA) is 55.6 Å². The zero-order chi connectivity index (χ0) is 29.2. The van der Waals surface area contributed by atoms with E-state index in [-0.39, 0.29) is 29.9 Å². The first-order chi connectivity index (χ1) is 18.0. The molecule has 0 bridgehead atoms. The van der Waals surface area contributed by atoms with Gasteiger partial charge in [-0.05, 0) is 78.1 Å². The van der Waals surface area contributed by atoms with Crippen molar-refractivity contribution in [1.29, 1.82) is 0 Å². The summed E-state index contributed by atoms with van der Waals surface area (Å²) < 4.78 is 85.8. The lowest BCUT2D eigenvalue weighted by atomic mass is 9.90. The number of benzene rings is 2. The van der Waals surface area contributed by atoms with Crippen LogP contribution in [0.1, 0.15) is 73.9 Å². The number of nitrogens with zero attached hydrogens (tertiary/aromatic N) is 1. The molecule has 2 N–H and O–H groups in total. The number of hydrogen-bond donors (Lipinski definition) is 1. The van der Waals surface area contributed by atoms with Gasteiger partial charge in [-0.3, -0.25) is 0 Å². The zero-order valence-corrected chi connectivity index (χ0v) is 22.7. The summed E-state index contributed by atoms with van der Waals surface area (Å²) in [6.45, 7) is 9.94. The molecule has 1 aliphatic rings. The van der Waals surface area contributed by atoms with Crippen LogP contribution in [0, 0.1) is 5.41 Å². The van der Waals surface area contributed by atoms with Crippen molar-refractivity contribution in [3.05, 3.63) is 63.7 Å². The number of rotatable bonds is 10. The molecule has 216 valence electrons. The highest BCUT2D eigenvalue weighted by Crippen LogP contribution is 2.41. The van der Waals surface area contributed by atoms with Crippen LogP contribution in [-0.4, -0.2) is 25.3 Å². The fraction of sp³-hybridized carbons (Fsp3) is 0.552. The number of anilines is 1. The van der Waals surface area contributed by atoms with Crippen LogP contribution in [0.15, 0.2) is 30.3 Å². The van der Waals surface area contributed by atoms with E-state index in [9.17, 15) is 31.1 Å². The number of nitrogens with two attached hydrogens (primary N) is 1. The quantitative estimate of drug-likeness (QED) is 0.304. The highest BCUT2D eigenvalue weighted by atomic mass is 19.4. The molecule has 0 aromatic heterocycles. The summed E-state index contributed by atoms with van der Waals surface area (Å²) in [5, 5.41) is 0. The minimum Gasteiger partial charge on any atom is -0.446 e. The highest BCUT2D eigenvalue weighted by molar-refractivity contribution is 5.65. The van der Waals surface area contributed by atoms with Crippen LogP contribution in [0.4, 0.5) is 36.8 Å². The van der Waals surface area contributed by atoms with Crippen molar-refractivity contribution in [2.45, 2.75) is 84.7 Å². The Morgan fingerprint density at radius 3 is 2.00 bits per heavy atom. The van der Waals surface area contributed by atoms with Crippen LogP contribution in [0.2, 0.25) is 0 Å². The molecule has 0 saturated carbocycles. The van der Waals surface area contributed by atoms with Crippen molar-refractivity contribution in [2.75, 3.05) is 18.0 Å². The van der Waals surface area contributed by atoms with E-state index in [1.165, 1.54) is 5.56 Å². The molecule has 4 nitrogen and oxygen atoms in total. The second kappa shape index (κ2) is 11.7. The Morgan fingerprint density at radius 2 is 1.51 bits per heavy atom. The second-order valence-electron chi connectivity index (χ2n) is 11.1. The van der Waals surface area contributed by atoms with Gasteiger partial charge in [-0.25, -0.2) is 4.79 Å². The normalized spacial score (nSPS) is 15.6. The number of carbonyl (C=O) groups excluding carboxylic acids is 1. The molecule has 1 atom stereocenters. The van der Waals surface area contributed by atoms with Crippen LogP contribution < -0.4 is 10.6 Å². The summed E-state index contributed by atoms with van der Waals surface area (Å²) in [5.74, 6) is 0. The number of hydrogen-bond acceptors (Lipinski definition) is 3. The van der Waals surface area contributed by atoms with Crippen molar-refractivity contribution in [2.24, 2.45) is 11.1 Å². The maximum absolute atomic E-state index is 13.4.